The van der Waals surface area contributed by atoms with Crippen molar-refractivity contribution in [3.63, 3.8) is 0 Å². The molecule has 3 heteroatoms. The molecule has 0 spiro atoms. The zero-order valence-corrected chi connectivity index (χ0v) is 8.11. The van der Waals surface area contributed by atoms with Gasteiger partial charge in [-0.15, -0.1) is 11.3 Å². The zero-order chi connectivity index (χ0) is 8.97. The van der Waals surface area contributed by atoms with E-state index in [2.05, 4.69) is 6.92 Å². The molecule has 0 aromatic carbocycles. The number of carbonyl (C=O) groups excluding carboxylic acids is 1. The average Bonchev–Trinajstić information content (AvgIpc) is 2.37. The maximum atomic E-state index is 10.7. The summed E-state index contributed by atoms with van der Waals surface area (Å²) in [5, 5.41) is 2.70. The second kappa shape index (κ2) is 4.26. The molecule has 66 valence electrons. The fourth-order valence-corrected chi connectivity index (χ4v) is 1.84. The molecule has 12 heavy (non-hydrogen) atoms. The van der Waals surface area contributed by atoms with Crippen LogP contribution in [-0.4, -0.2) is 5.97 Å². The van der Waals surface area contributed by atoms with E-state index in [1.165, 1.54) is 18.3 Å². The van der Waals surface area contributed by atoms with Gasteiger partial charge in [-0.2, -0.15) is 0 Å². The number of ether oxygens (including phenoxy) is 1. The highest BCUT2D eigenvalue weighted by atomic mass is 32.1. The number of thiophene rings is 1. The van der Waals surface area contributed by atoms with Gasteiger partial charge in [0.05, 0.1) is 0 Å². The van der Waals surface area contributed by atoms with Crippen LogP contribution in [0.1, 0.15) is 25.8 Å². The van der Waals surface area contributed by atoms with E-state index in [0.29, 0.717) is 0 Å². The lowest BCUT2D eigenvalue weighted by molar-refractivity contribution is -0.131. The second-order valence-corrected chi connectivity index (χ2v) is 3.46. The van der Waals surface area contributed by atoms with Gasteiger partial charge in [-0.25, -0.2) is 0 Å². The minimum Gasteiger partial charge on any atom is -0.415 e. The van der Waals surface area contributed by atoms with Crippen LogP contribution in [0.25, 0.3) is 0 Å². The highest BCUT2D eigenvalue weighted by molar-refractivity contribution is 7.12. The second-order valence-electron chi connectivity index (χ2n) is 2.58. The van der Waals surface area contributed by atoms with Crippen molar-refractivity contribution in [2.24, 2.45) is 0 Å². The molecule has 0 aliphatic heterocycles. The Labute approximate surface area is 76.2 Å². The summed E-state index contributed by atoms with van der Waals surface area (Å²) in [6.07, 6.45) is 2.05. The molecule has 1 aromatic heterocycles. The summed E-state index contributed by atoms with van der Waals surface area (Å²) in [5.74, 6) is -0.241. The standard InChI is InChI=1S/C9H12O2S/c1-3-4-8-5-6-12-9(8)11-7(2)10/h5-6H,3-4H2,1-2H3. The molecule has 0 radical (unpaired) electrons. The molecule has 0 atom stereocenters. The molecule has 1 rings (SSSR count). The van der Waals surface area contributed by atoms with Gasteiger partial charge >= 0.3 is 5.97 Å². The molecule has 0 saturated heterocycles. The van der Waals surface area contributed by atoms with Gasteiger partial charge in [-0.3, -0.25) is 4.79 Å². The largest absolute Gasteiger partial charge is 0.415 e. The van der Waals surface area contributed by atoms with Gasteiger partial charge in [-0.05, 0) is 17.9 Å². The number of hydrogen-bond donors (Lipinski definition) is 0. The van der Waals surface area contributed by atoms with Crippen molar-refractivity contribution >= 4 is 17.3 Å². The summed E-state index contributed by atoms with van der Waals surface area (Å²) in [6, 6.07) is 2.01. The van der Waals surface area contributed by atoms with E-state index < -0.39 is 0 Å². The summed E-state index contributed by atoms with van der Waals surface area (Å²) in [4.78, 5) is 10.7. The molecule has 0 N–H and O–H groups in total. The Hall–Kier alpha value is -0.830. The van der Waals surface area contributed by atoms with Gasteiger partial charge < -0.3 is 4.74 Å². The van der Waals surface area contributed by atoms with Crippen molar-refractivity contribution in [3.8, 4) is 5.06 Å². The van der Waals surface area contributed by atoms with Gasteiger partial charge in [0.15, 0.2) is 5.06 Å². The molecule has 2 nitrogen and oxygen atoms in total. The fourth-order valence-electron chi connectivity index (χ4n) is 0.997. The number of esters is 1. The lowest BCUT2D eigenvalue weighted by atomic mass is 10.2. The smallest absolute Gasteiger partial charge is 0.308 e. The van der Waals surface area contributed by atoms with E-state index in [9.17, 15) is 4.79 Å². The maximum Gasteiger partial charge on any atom is 0.308 e. The Bertz CT molecular complexity index is 265. The first-order valence-corrected chi connectivity index (χ1v) is 4.86. The molecule has 0 saturated carbocycles. The molecule has 1 heterocycles. The predicted molar refractivity (Wildman–Crippen MR) is 49.6 cm³/mol. The summed E-state index contributed by atoms with van der Waals surface area (Å²) in [6.45, 7) is 3.53. The Morgan fingerprint density at radius 3 is 3.00 bits per heavy atom. The molecular weight excluding hydrogens is 172 g/mol. The van der Waals surface area contributed by atoms with Gasteiger partial charge in [0.25, 0.3) is 0 Å². The zero-order valence-electron chi connectivity index (χ0n) is 7.29. The summed E-state index contributed by atoms with van der Waals surface area (Å²) < 4.78 is 5.02. The summed E-state index contributed by atoms with van der Waals surface area (Å²) >= 11 is 1.47. The normalized spacial score (nSPS) is 9.83. The monoisotopic (exact) mass is 184 g/mol. The highest BCUT2D eigenvalue weighted by Gasteiger charge is 2.05. The molecule has 1 aromatic rings. The van der Waals surface area contributed by atoms with Crippen molar-refractivity contribution in [1.29, 1.82) is 0 Å². The van der Waals surface area contributed by atoms with Crippen LogP contribution < -0.4 is 4.74 Å². The average molecular weight is 184 g/mol. The minimum absolute atomic E-state index is 0.241. The first kappa shape index (κ1) is 9.26. The number of carbonyl (C=O) groups is 1. The van der Waals surface area contributed by atoms with Crippen molar-refractivity contribution in [2.75, 3.05) is 0 Å². The third-order valence-electron chi connectivity index (χ3n) is 1.46. The van der Waals surface area contributed by atoms with Crippen LogP contribution in [0.5, 0.6) is 5.06 Å². The lowest BCUT2D eigenvalue weighted by Gasteiger charge is -2.00. The third kappa shape index (κ3) is 2.34. The van der Waals surface area contributed by atoms with E-state index in [1.807, 2.05) is 11.4 Å². The van der Waals surface area contributed by atoms with Crippen molar-refractivity contribution in [2.45, 2.75) is 26.7 Å². The summed E-state index contributed by atoms with van der Waals surface area (Å²) in [5.41, 5.74) is 1.14. The Morgan fingerprint density at radius 1 is 1.67 bits per heavy atom. The van der Waals surface area contributed by atoms with Crippen LogP contribution >= 0.6 is 11.3 Å². The minimum atomic E-state index is -0.241. The van der Waals surface area contributed by atoms with Crippen molar-refractivity contribution in [3.05, 3.63) is 17.0 Å². The third-order valence-corrected chi connectivity index (χ3v) is 2.29. The number of rotatable bonds is 3. The molecule has 0 bridgehead atoms. The molecule has 0 amide bonds. The van der Waals surface area contributed by atoms with E-state index in [-0.39, 0.29) is 5.97 Å². The van der Waals surface area contributed by atoms with Crippen LogP contribution in [0, 0.1) is 0 Å². The van der Waals surface area contributed by atoms with Crippen LogP contribution in [-0.2, 0) is 11.2 Å². The first-order valence-electron chi connectivity index (χ1n) is 3.98. The molecule has 0 aliphatic carbocycles. The Morgan fingerprint density at radius 2 is 2.42 bits per heavy atom. The molecule has 0 aliphatic rings. The molecular formula is C9H12O2S. The van der Waals surface area contributed by atoms with E-state index in [4.69, 9.17) is 4.74 Å². The fraction of sp³-hybridized carbons (Fsp3) is 0.444. The molecule has 0 unspecified atom stereocenters. The van der Waals surface area contributed by atoms with Crippen LogP contribution in [0.2, 0.25) is 0 Å². The first-order chi connectivity index (χ1) is 5.74. The van der Waals surface area contributed by atoms with Gasteiger partial charge in [0.1, 0.15) is 0 Å². The van der Waals surface area contributed by atoms with Crippen molar-refractivity contribution in [1.82, 2.24) is 0 Å². The van der Waals surface area contributed by atoms with Gasteiger partial charge in [0.2, 0.25) is 0 Å². The van der Waals surface area contributed by atoms with Crippen LogP contribution in [0.15, 0.2) is 11.4 Å². The van der Waals surface area contributed by atoms with Gasteiger partial charge in [0, 0.05) is 12.5 Å². The van der Waals surface area contributed by atoms with E-state index in [0.717, 1.165) is 23.5 Å². The molecule has 0 fully saturated rings. The summed E-state index contributed by atoms with van der Waals surface area (Å²) in [7, 11) is 0. The number of hydrogen-bond acceptors (Lipinski definition) is 3. The van der Waals surface area contributed by atoms with Gasteiger partial charge in [-0.1, -0.05) is 13.3 Å². The maximum absolute atomic E-state index is 10.7. The van der Waals surface area contributed by atoms with Crippen LogP contribution in [0.3, 0.4) is 0 Å². The van der Waals surface area contributed by atoms with E-state index >= 15 is 0 Å². The Kier molecular flexibility index (Phi) is 3.29. The highest BCUT2D eigenvalue weighted by Crippen LogP contribution is 2.27. The quantitative estimate of drug-likeness (QED) is 0.675. The number of aryl methyl sites for hydroxylation is 1. The topological polar surface area (TPSA) is 26.3 Å². The predicted octanol–water partition coefficient (Wildman–Crippen LogP) is 2.63. The lowest BCUT2D eigenvalue weighted by Crippen LogP contribution is -2.01. The van der Waals surface area contributed by atoms with E-state index in [1.54, 1.807) is 0 Å². The Balaban J connectivity index is 2.69. The SMILES string of the molecule is CCCc1ccsc1OC(C)=O. The van der Waals surface area contributed by atoms with Crippen molar-refractivity contribution < 1.29 is 9.53 Å². The van der Waals surface area contributed by atoms with Crippen LogP contribution in [0.4, 0.5) is 0 Å².